The Morgan fingerprint density at radius 3 is 2.19 bits per heavy atom. The van der Waals surface area contributed by atoms with Crippen LogP contribution in [0.4, 0.5) is 5.69 Å². The van der Waals surface area contributed by atoms with Crippen molar-refractivity contribution >= 4 is 33.7 Å². The summed E-state index contributed by atoms with van der Waals surface area (Å²) in [7, 11) is -4.02. The zero-order chi connectivity index (χ0) is 30.8. The highest BCUT2D eigenvalue weighted by Crippen LogP contribution is 2.26. The van der Waals surface area contributed by atoms with Gasteiger partial charge in [0, 0.05) is 0 Å². The van der Waals surface area contributed by atoms with Crippen LogP contribution >= 0.6 is 0 Å². The number of rotatable bonds is 12. The van der Waals surface area contributed by atoms with Gasteiger partial charge in [-0.25, -0.2) is 13.8 Å². The van der Waals surface area contributed by atoms with Gasteiger partial charge in [0.1, 0.15) is 12.3 Å². The number of nitrogens with one attached hydrogen (secondary N) is 2. The van der Waals surface area contributed by atoms with E-state index >= 15 is 0 Å². The lowest BCUT2D eigenvalue weighted by atomic mass is 10.1. The van der Waals surface area contributed by atoms with Gasteiger partial charge in [0.2, 0.25) is 0 Å². The lowest BCUT2D eigenvalue weighted by molar-refractivity contribution is -0.123. The Morgan fingerprint density at radius 1 is 0.860 bits per heavy atom. The van der Waals surface area contributed by atoms with Crippen LogP contribution in [0.5, 0.6) is 5.75 Å². The van der Waals surface area contributed by atoms with Gasteiger partial charge in [-0.1, -0.05) is 66.2 Å². The number of carbonyl (C=O) groups excluding carboxylic acids is 2. The summed E-state index contributed by atoms with van der Waals surface area (Å²) in [6.45, 7) is 4.96. The molecule has 0 bridgehead atoms. The second kappa shape index (κ2) is 14.3. The lowest BCUT2D eigenvalue weighted by Gasteiger charge is -2.25. The summed E-state index contributed by atoms with van der Waals surface area (Å²) >= 11 is 0. The van der Waals surface area contributed by atoms with E-state index < -0.39 is 22.5 Å². The molecule has 0 radical (unpaired) electrons. The maximum Gasteiger partial charge on any atom is 0.264 e. The largest absolute Gasteiger partial charge is 0.484 e. The van der Waals surface area contributed by atoms with Crippen molar-refractivity contribution in [3.8, 4) is 5.75 Å². The molecule has 4 aromatic carbocycles. The highest BCUT2D eigenvalue weighted by Gasteiger charge is 2.28. The number of ether oxygens (including phenoxy) is 1. The number of hydrogen-bond donors (Lipinski definition) is 2. The van der Waals surface area contributed by atoms with E-state index in [1.807, 2.05) is 44.2 Å². The van der Waals surface area contributed by atoms with Crippen molar-refractivity contribution in [3.63, 3.8) is 0 Å². The van der Waals surface area contributed by atoms with Gasteiger partial charge in [-0.3, -0.25) is 13.9 Å². The third-order valence-electron chi connectivity index (χ3n) is 6.61. The van der Waals surface area contributed by atoms with E-state index in [2.05, 4.69) is 15.8 Å². The summed E-state index contributed by atoms with van der Waals surface area (Å²) in [6.07, 6.45) is 1.43. The Bertz CT molecular complexity index is 1670. The van der Waals surface area contributed by atoms with Crippen LogP contribution in [-0.4, -0.2) is 39.6 Å². The first-order chi connectivity index (χ1) is 20.6. The smallest absolute Gasteiger partial charge is 0.264 e. The first-order valence-electron chi connectivity index (χ1n) is 13.7. The summed E-state index contributed by atoms with van der Waals surface area (Å²) in [4.78, 5) is 25.2. The maximum atomic E-state index is 13.5. The van der Waals surface area contributed by atoms with Gasteiger partial charge < -0.3 is 10.1 Å². The summed E-state index contributed by atoms with van der Waals surface area (Å²) in [5, 5.41) is 6.89. The Balaban J connectivity index is 1.34. The highest BCUT2D eigenvalue weighted by atomic mass is 32.2. The SMILES string of the molecule is Cc1ccc(S(=O)(=O)N(CC(=O)N/N=C\c2ccc(OCC(=O)N[C@H](C)c3ccccc3)cc2)c2ccccc2C)cc1. The van der Waals surface area contributed by atoms with Gasteiger partial charge in [-0.2, -0.15) is 5.10 Å². The molecule has 1 atom stereocenters. The zero-order valence-electron chi connectivity index (χ0n) is 24.2. The Morgan fingerprint density at radius 2 is 1.51 bits per heavy atom. The van der Waals surface area contributed by atoms with E-state index in [0.29, 0.717) is 22.6 Å². The normalized spacial score (nSPS) is 12.0. The first kappa shape index (κ1) is 31.0. The molecular weight excluding hydrogens is 564 g/mol. The number of carbonyl (C=O) groups is 2. The van der Waals surface area contributed by atoms with Crippen molar-refractivity contribution in [3.05, 3.63) is 125 Å². The standard InChI is InChI=1S/C33H34N4O5S/c1-24-13-19-30(20-14-24)43(40,41)37(31-12-8-7-9-25(31)2)22-32(38)36-34-21-27-15-17-29(18-16-27)42-23-33(39)35-26(3)28-10-5-4-6-11-28/h4-21,26H,22-23H2,1-3H3,(H,35,39)(H,36,38)/b34-21-/t26-/m1/s1. The van der Waals surface area contributed by atoms with E-state index in [1.54, 1.807) is 67.6 Å². The van der Waals surface area contributed by atoms with Crippen LogP contribution in [-0.2, 0) is 19.6 Å². The summed E-state index contributed by atoms with van der Waals surface area (Å²) in [5.74, 6) is -0.349. The van der Waals surface area contributed by atoms with E-state index in [-0.39, 0.29) is 23.5 Å². The summed E-state index contributed by atoms with van der Waals surface area (Å²) < 4.78 is 33.8. The van der Waals surface area contributed by atoms with Crippen LogP contribution in [0.1, 0.15) is 35.2 Å². The fraction of sp³-hybridized carbons (Fsp3) is 0.182. The molecule has 0 aliphatic heterocycles. The van der Waals surface area contributed by atoms with Gasteiger partial charge in [-0.15, -0.1) is 0 Å². The quantitative estimate of drug-likeness (QED) is 0.178. The van der Waals surface area contributed by atoms with Crippen molar-refractivity contribution in [2.45, 2.75) is 31.7 Å². The maximum absolute atomic E-state index is 13.5. The van der Waals surface area contributed by atoms with Crippen LogP contribution in [0.25, 0.3) is 0 Å². The van der Waals surface area contributed by atoms with Crippen LogP contribution < -0.4 is 19.8 Å². The highest BCUT2D eigenvalue weighted by molar-refractivity contribution is 7.92. The van der Waals surface area contributed by atoms with Gasteiger partial charge in [0.05, 0.1) is 22.8 Å². The number of sulfonamides is 1. The number of benzene rings is 4. The van der Waals surface area contributed by atoms with E-state index in [0.717, 1.165) is 15.4 Å². The van der Waals surface area contributed by atoms with Crippen molar-refractivity contribution < 1.29 is 22.7 Å². The predicted molar refractivity (Wildman–Crippen MR) is 168 cm³/mol. The molecule has 0 aromatic heterocycles. The first-order valence-corrected chi connectivity index (χ1v) is 15.1. The van der Waals surface area contributed by atoms with Gasteiger partial charge in [0.15, 0.2) is 6.61 Å². The Kier molecular flexibility index (Phi) is 10.3. The molecule has 4 aromatic rings. The molecule has 10 heteroatoms. The number of para-hydroxylation sites is 1. The van der Waals surface area contributed by atoms with Crippen molar-refractivity contribution in [1.82, 2.24) is 10.7 Å². The molecule has 0 heterocycles. The molecule has 0 fully saturated rings. The molecule has 0 aliphatic rings. The predicted octanol–water partition coefficient (Wildman–Crippen LogP) is 4.91. The number of amides is 2. The number of hydrazone groups is 1. The monoisotopic (exact) mass is 598 g/mol. The molecule has 0 saturated heterocycles. The summed E-state index contributed by atoms with van der Waals surface area (Å²) in [5.41, 5.74) is 6.11. The molecule has 4 rings (SSSR count). The van der Waals surface area contributed by atoms with Crippen LogP contribution in [0.2, 0.25) is 0 Å². The Labute approximate surface area is 252 Å². The number of nitrogens with zero attached hydrogens (tertiary/aromatic N) is 2. The molecule has 0 saturated carbocycles. The summed E-state index contributed by atoms with van der Waals surface area (Å²) in [6, 6.07) is 29.8. The molecular formula is C33H34N4O5S. The third-order valence-corrected chi connectivity index (χ3v) is 8.38. The minimum atomic E-state index is -4.02. The van der Waals surface area contributed by atoms with Crippen LogP contribution in [0, 0.1) is 13.8 Å². The van der Waals surface area contributed by atoms with Crippen LogP contribution in [0.3, 0.4) is 0 Å². The second-order valence-corrected chi connectivity index (χ2v) is 11.8. The van der Waals surface area contributed by atoms with Crippen molar-refractivity contribution in [1.29, 1.82) is 0 Å². The van der Waals surface area contributed by atoms with Crippen LogP contribution in [0.15, 0.2) is 113 Å². The van der Waals surface area contributed by atoms with Crippen molar-refractivity contribution in [2.24, 2.45) is 5.10 Å². The van der Waals surface area contributed by atoms with E-state index in [4.69, 9.17) is 4.74 Å². The molecule has 0 unspecified atom stereocenters. The lowest BCUT2D eigenvalue weighted by Crippen LogP contribution is -2.40. The molecule has 2 amide bonds. The van der Waals surface area contributed by atoms with Gasteiger partial charge in [-0.05, 0) is 79.9 Å². The average Bonchev–Trinajstić information content (AvgIpc) is 3.00. The number of aryl methyl sites for hydroxylation is 2. The molecule has 43 heavy (non-hydrogen) atoms. The van der Waals surface area contributed by atoms with Crippen molar-refractivity contribution in [2.75, 3.05) is 17.5 Å². The topological polar surface area (TPSA) is 117 Å². The van der Waals surface area contributed by atoms with Gasteiger partial charge >= 0.3 is 0 Å². The molecule has 9 nitrogen and oxygen atoms in total. The minimum Gasteiger partial charge on any atom is -0.484 e. The Hall–Kier alpha value is -4.96. The average molecular weight is 599 g/mol. The van der Waals surface area contributed by atoms with E-state index in [1.165, 1.54) is 18.3 Å². The minimum absolute atomic E-state index is 0.0863. The van der Waals surface area contributed by atoms with Gasteiger partial charge in [0.25, 0.3) is 21.8 Å². The fourth-order valence-corrected chi connectivity index (χ4v) is 5.72. The molecule has 0 spiro atoms. The molecule has 222 valence electrons. The van der Waals surface area contributed by atoms with E-state index in [9.17, 15) is 18.0 Å². The molecule has 2 N–H and O–H groups in total. The second-order valence-electron chi connectivity index (χ2n) is 9.96. The zero-order valence-corrected chi connectivity index (χ0v) is 25.0. The fourth-order valence-electron chi connectivity index (χ4n) is 4.23. The number of anilines is 1. The number of hydrogen-bond acceptors (Lipinski definition) is 6. The molecule has 0 aliphatic carbocycles. The third kappa shape index (κ3) is 8.52.